The van der Waals surface area contributed by atoms with E-state index in [9.17, 15) is 8.42 Å². The van der Waals surface area contributed by atoms with Gasteiger partial charge in [0.1, 0.15) is 10.6 Å². The molecule has 23 heavy (non-hydrogen) atoms. The van der Waals surface area contributed by atoms with Crippen molar-refractivity contribution < 1.29 is 12.9 Å². The quantitative estimate of drug-likeness (QED) is 0.841. The summed E-state index contributed by atoms with van der Waals surface area (Å²) in [6, 6.07) is 0.217. The van der Waals surface area contributed by atoms with Crippen LogP contribution < -0.4 is 0 Å². The van der Waals surface area contributed by atoms with Gasteiger partial charge in [-0.25, -0.2) is 13.1 Å². The standard InChI is InChI=1S/C14H19N5O3S/c1-9-14(10(2)22-16-9)23(20,21)19-11-3-4-12(19)8-13(7-11)18-6-5-15-17-18/h5-6,11-13H,3-4,7-8H2,1-2H3. The molecule has 0 aliphatic carbocycles. The lowest BCUT2D eigenvalue weighted by atomic mass is 10.00. The maximum atomic E-state index is 13.1. The number of hydrogen-bond acceptors (Lipinski definition) is 6. The molecule has 2 aliphatic rings. The van der Waals surface area contributed by atoms with E-state index in [2.05, 4.69) is 15.5 Å². The largest absolute Gasteiger partial charge is 0.360 e. The third kappa shape index (κ3) is 2.21. The van der Waals surface area contributed by atoms with Crippen molar-refractivity contribution >= 4 is 10.0 Å². The average molecular weight is 337 g/mol. The zero-order chi connectivity index (χ0) is 16.2. The zero-order valence-corrected chi connectivity index (χ0v) is 13.9. The van der Waals surface area contributed by atoms with Gasteiger partial charge < -0.3 is 4.52 Å². The van der Waals surface area contributed by atoms with Crippen molar-refractivity contribution in [3.05, 3.63) is 23.8 Å². The number of aryl methyl sites for hydroxylation is 2. The predicted molar refractivity (Wildman–Crippen MR) is 80.1 cm³/mol. The van der Waals surface area contributed by atoms with Crippen molar-refractivity contribution in [2.75, 3.05) is 0 Å². The fraction of sp³-hybridized carbons (Fsp3) is 0.643. The summed E-state index contributed by atoms with van der Waals surface area (Å²) in [5.41, 5.74) is 0.431. The molecule has 2 aliphatic heterocycles. The zero-order valence-electron chi connectivity index (χ0n) is 13.1. The minimum atomic E-state index is -3.58. The van der Waals surface area contributed by atoms with E-state index in [0.29, 0.717) is 11.5 Å². The van der Waals surface area contributed by atoms with Crippen LogP contribution in [0.3, 0.4) is 0 Å². The Morgan fingerprint density at radius 3 is 2.39 bits per heavy atom. The Morgan fingerprint density at radius 2 is 1.87 bits per heavy atom. The lowest BCUT2D eigenvalue weighted by Gasteiger charge is -2.37. The molecule has 2 aromatic heterocycles. The number of aromatic nitrogens is 4. The SMILES string of the molecule is Cc1noc(C)c1S(=O)(=O)N1C2CCC1CC(n1ccnn1)C2. The molecule has 0 aromatic carbocycles. The predicted octanol–water partition coefficient (Wildman–Crippen LogP) is 1.44. The third-order valence-electron chi connectivity index (χ3n) is 4.96. The Morgan fingerprint density at radius 1 is 1.17 bits per heavy atom. The highest BCUT2D eigenvalue weighted by molar-refractivity contribution is 7.89. The average Bonchev–Trinajstić information content (AvgIpc) is 3.19. The minimum absolute atomic E-state index is 0.00153. The lowest BCUT2D eigenvalue weighted by molar-refractivity contribution is 0.183. The molecular formula is C14H19N5O3S. The molecule has 2 aromatic rings. The van der Waals surface area contributed by atoms with E-state index in [1.165, 1.54) is 0 Å². The van der Waals surface area contributed by atoms with Crippen LogP contribution in [-0.2, 0) is 10.0 Å². The molecule has 2 bridgehead atoms. The van der Waals surface area contributed by atoms with Crippen molar-refractivity contribution in [2.45, 2.75) is 62.6 Å². The molecule has 9 heteroatoms. The summed E-state index contributed by atoms with van der Waals surface area (Å²) in [5, 5.41) is 11.7. The molecule has 4 heterocycles. The van der Waals surface area contributed by atoms with Gasteiger partial charge in [-0.3, -0.25) is 0 Å². The molecule has 8 nitrogen and oxygen atoms in total. The van der Waals surface area contributed by atoms with E-state index in [0.717, 1.165) is 25.7 Å². The Hall–Kier alpha value is -1.74. The molecular weight excluding hydrogens is 318 g/mol. The van der Waals surface area contributed by atoms with Crippen LogP contribution in [0.15, 0.2) is 21.8 Å². The minimum Gasteiger partial charge on any atom is -0.360 e. The van der Waals surface area contributed by atoms with E-state index in [1.54, 1.807) is 24.3 Å². The number of piperidine rings is 1. The van der Waals surface area contributed by atoms with Gasteiger partial charge in [-0.1, -0.05) is 10.4 Å². The first-order chi connectivity index (χ1) is 11.0. The van der Waals surface area contributed by atoms with Gasteiger partial charge in [-0.05, 0) is 39.5 Å². The monoisotopic (exact) mass is 337 g/mol. The van der Waals surface area contributed by atoms with Gasteiger partial charge in [-0.2, -0.15) is 4.31 Å². The summed E-state index contributed by atoms with van der Waals surface area (Å²) in [5.74, 6) is 0.361. The van der Waals surface area contributed by atoms with Crippen molar-refractivity contribution in [3.8, 4) is 0 Å². The topological polar surface area (TPSA) is 94.1 Å². The summed E-state index contributed by atoms with van der Waals surface area (Å²) in [7, 11) is -3.58. The fourth-order valence-electron chi connectivity index (χ4n) is 4.07. The van der Waals surface area contributed by atoms with Gasteiger partial charge in [0, 0.05) is 18.3 Å². The van der Waals surface area contributed by atoms with E-state index >= 15 is 0 Å². The van der Waals surface area contributed by atoms with Crippen LogP contribution >= 0.6 is 0 Å². The van der Waals surface area contributed by atoms with Crippen LogP contribution in [0.4, 0.5) is 0 Å². The highest BCUT2D eigenvalue weighted by atomic mass is 32.2. The molecule has 0 radical (unpaired) electrons. The first-order valence-electron chi connectivity index (χ1n) is 7.80. The van der Waals surface area contributed by atoms with Gasteiger partial charge in [0.05, 0.1) is 12.2 Å². The van der Waals surface area contributed by atoms with Crippen molar-refractivity contribution in [1.82, 2.24) is 24.5 Å². The smallest absolute Gasteiger partial charge is 0.248 e. The molecule has 124 valence electrons. The fourth-order valence-corrected chi connectivity index (χ4v) is 6.26. The van der Waals surface area contributed by atoms with Crippen LogP contribution in [0.25, 0.3) is 0 Å². The van der Waals surface area contributed by atoms with Crippen molar-refractivity contribution in [1.29, 1.82) is 0 Å². The summed E-state index contributed by atoms with van der Waals surface area (Å²) in [4.78, 5) is 0.230. The maximum absolute atomic E-state index is 13.1. The van der Waals surface area contributed by atoms with Crippen molar-refractivity contribution in [3.63, 3.8) is 0 Å². The van der Waals surface area contributed by atoms with Crippen molar-refractivity contribution in [2.24, 2.45) is 0 Å². The van der Waals surface area contributed by atoms with E-state index in [-0.39, 0.29) is 23.0 Å². The normalized spacial score (nSPS) is 28.3. The Labute approximate surface area is 134 Å². The van der Waals surface area contributed by atoms with Gasteiger partial charge in [0.2, 0.25) is 10.0 Å². The number of sulfonamides is 1. The molecule has 2 atom stereocenters. The van der Waals surface area contributed by atoms with Gasteiger partial charge in [0.15, 0.2) is 5.76 Å². The van der Waals surface area contributed by atoms with Gasteiger partial charge in [0.25, 0.3) is 0 Å². The van der Waals surface area contributed by atoms with E-state index in [1.807, 2.05) is 10.9 Å². The molecule has 2 saturated heterocycles. The Kier molecular flexibility index (Phi) is 3.31. The number of hydrogen-bond donors (Lipinski definition) is 0. The van der Waals surface area contributed by atoms with E-state index < -0.39 is 10.0 Å². The highest BCUT2D eigenvalue weighted by Crippen LogP contribution is 2.44. The van der Waals surface area contributed by atoms with E-state index in [4.69, 9.17) is 4.52 Å². The molecule has 2 fully saturated rings. The highest BCUT2D eigenvalue weighted by Gasteiger charge is 2.49. The van der Waals surface area contributed by atoms with Gasteiger partial charge >= 0.3 is 0 Å². The summed E-state index contributed by atoms with van der Waals surface area (Å²) in [6.45, 7) is 3.32. The molecule has 0 saturated carbocycles. The second-order valence-corrected chi connectivity index (χ2v) is 8.16. The maximum Gasteiger partial charge on any atom is 0.248 e. The second kappa shape index (κ2) is 5.13. The Balaban J connectivity index is 1.67. The number of fused-ring (bicyclic) bond motifs is 2. The van der Waals surface area contributed by atoms with Crippen LogP contribution in [0.1, 0.15) is 43.2 Å². The molecule has 0 N–H and O–H groups in total. The summed E-state index contributed by atoms with van der Waals surface area (Å²) < 4.78 is 34.9. The van der Waals surface area contributed by atoms with Crippen LogP contribution in [0.5, 0.6) is 0 Å². The Bertz CT molecular complexity index is 780. The summed E-state index contributed by atoms with van der Waals surface area (Å²) in [6.07, 6.45) is 6.82. The van der Waals surface area contributed by atoms with Crippen LogP contribution in [-0.4, -0.2) is 45.0 Å². The third-order valence-corrected chi connectivity index (χ3v) is 7.21. The lowest BCUT2D eigenvalue weighted by Crippen LogP contribution is -2.47. The molecule has 0 spiro atoms. The summed E-state index contributed by atoms with van der Waals surface area (Å²) >= 11 is 0. The van der Waals surface area contributed by atoms with Crippen LogP contribution in [0, 0.1) is 13.8 Å². The molecule has 0 amide bonds. The first-order valence-corrected chi connectivity index (χ1v) is 9.24. The molecule has 2 unspecified atom stereocenters. The van der Waals surface area contributed by atoms with Crippen LogP contribution in [0.2, 0.25) is 0 Å². The number of nitrogens with zero attached hydrogens (tertiary/aromatic N) is 5. The second-order valence-electron chi connectivity index (χ2n) is 6.38. The first kappa shape index (κ1) is 14.8. The number of rotatable bonds is 3. The van der Waals surface area contributed by atoms with Gasteiger partial charge in [-0.15, -0.1) is 5.10 Å². The molecule has 4 rings (SSSR count).